The van der Waals surface area contributed by atoms with Crippen LogP contribution in [0.1, 0.15) is 78.1 Å². The molecule has 0 saturated carbocycles. The van der Waals surface area contributed by atoms with E-state index in [1.54, 1.807) is 0 Å². The van der Waals surface area contributed by atoms with E-state index in [0.29, 0.717) is 5.75 Å². The number of aromatic hydroxyl groups is 1. The highest BCUT2D eigenvalue weighted by atomic mass is 16.3. The monoisotopic (exact) mass is 307 g/mol. The van der Waals surface area contributed by atoms with Gasteiger partial charge in [0.1, 0.15) is 5.75 Å². The first-order valence-corrected chi connectivity index (χ1v) is 7.96. The minimum absolute atomic E-state index is 0.0186. The largest absolute Gasteiger partial charge is 0.507 e. The van der Waals surface area contributed by atoms with Crippen molar-refractivity contribution in [2.75, 3.05) is 6.61 Å². The Hall–Kier alpha value is -1.06. The normalized spacial score (nSPS) is 15.0. The first kappa shape index (κ1) is 19.0. The molecule has 3 heteroatoms. The molecular formula is C19H33NO2. The molecule has 0 saturated heterocycles. The van der Waals surface area contributed by atoms with E-state index in [1.807, 2.05) is 26.0 Å². The van der Waals surface area contributed by atoms with E-state index in [2.05, 4.69) is 41.5 Å². The molecule has 0 aliphatic rings. The van der Waals surface area contributed by atoms with Crippen LogP contribution in [-0.4, -0.2) is 16.8 Å². The summed E-state index contributed by atoms with van der Waals surface area (Å²) in [7, 11) is 0. The third kappa shape index (κ3) is 3.82. The third-order valence-corrected chi connectivity index (χ3v) is 4.36. The lowest BCUT2D eigenvalue weighted by Crippen LogP contribution is -2.33. The first-order chi connectivity index (χ1) is 9.71. The van der Waals surface area contributed by atoms with Crippen LogP contribution in [0.5, 0.6) is 5.75 Å². The lowest BCUT2D eigenvalue weighted by molar-refractivity contribution is 0.132. The topological polar surface area (TPSA) is 66.5 Å². The number of nitrogens with two attached hydrogens (primary N) is 1. The van der Waals surface area contributed by atoms with E-state index in [4.69, 9.17) is 5.73 Å². The van der Waals surface area contributed by atoms with E-state index in [9.17, 15) is 10.2 Å². The Morgan fingerprint density at radius 3 is 1.55 bits per heavy atom. The molecule has 1 aromatic rings. The molecule has 0 amide bonds. The molecule has 0 radical (unpaired) electrons. The van der Waals surface area contributed by atoms with Crippen LogP contribution in [0.3, 0.4) is 0 Å². The summed E-state index contributed by atoms with van der Waals surface area (Å²) in [5, 5.41) is 20.3. The van der Waals surface area contributed by atoms with Crippen LogP contribution < -0.4 is 5.73 Å². The molecule has 0 aliphatic carbocycles. The Morgan fingerprint density at radius 2 is 1.27 bits per heavy atom. The van der Waals surface area contributed by atoms with E-state index in [0.717, 1.165) is 16.7 Å². The second kappa shape index (κ2) is 5.86. The van der Waals surface area contributed by atoms with Crippen molar-refractivity contribution in [1.82, 2.24) is 0 Å². The van der Waals surface area contributed by atoms with E-state index in [-0.39, 0.29) is 23.5 Å². The molecule has 1 atom stereocenters. The standard InChI is InChI=1S/C19H33NO2/c1-17(2,3)13-9-12(16(20)19(7,8)11-21)10-14(15(13)22)18(4,5)6/h9-10,16,21-22H,11,20H2,1-8H3/t16-/m1/s1. The Morgan fingerprint density at radius 1 is 0.909 bits per heavy atom. The highest BCUT2D eigenvalue weighted by Crippen LogP contribution is 2.42. The summed E-state index contributed by atoms with van der Waals surface area (Å²) < 4.78 is 0. The molecule has 0 aliphatic heterocycles. The van der Waals surface area contributed by atoms with Crippen molar-refractivity contribution in [3.05, 3.63) is 28.8 Å². The quantitative estimate of drug-likeness (QED) is 0.790. The molecule has 22 heavy (non-hydrogen) atoms. The highest BCUT2D eigenvalue weighted by Gasteiger charge is 2.32. The Kier molecular flexibility index (Phi) is 5.06. The maximum atomic E-state index is 10.7. The number of benzene rings is 1. The van der Waals surface area contributed by atoms with Crippen LogP contribution in [0.4, 0.5) is 0 Å². The molecule has 4 N–H and O–H groups in total. The summed E-state index contributed by atoms with van der Waals surface area (Å²) in [5.74, 6) is 0.359. The van der Waals surface area contributed by atoms with Gasteiger partial charge in [-0.1, -0.05) is 55.4 Å². The van der Waals surface area contributed by atoms with Gasteiger partial charge in [-0.05, 0) is 39.7 Å². The van der Waals surface area contributed by atoms with Gasteiger partial charge in [-0.25, -0.2) is 0 Å². The minimum Gasteiger partial charge on any atom is -0.507 e. The molecule has 0 unspecified atom stereocenters. The fourth-order valence-corrected chi connectivity index (χ4v) is 2.53. The van der Waals surface area contributed by atoms with Gasteiger partial charge in [0.25, 0.3) is 0 Å². The second-order valence-corrected chi connectivity index (χ2v) is 9.09. The van der Waals surface area contributed by atoms with Crippen molar-refractivity contribution in [2.45, 2.75) is 72.3 Å². The molecule has 1 aromatic carbocycles. The molecular weight excluding hydrogens is 274 g/mol. The average Bonchev–Trinajstić information content (AvgIpc) is 2.35. The lowest BCUT2D eigenvalue weighted by atomic mass is 9.74. The van der Waals surface area contributed by atoms with Crippen molar-refractivity contribution in [1.29, 1.82) is 0 Å². The number of aliphatic hydroxyl groups excluding tert-OH is 1. The fraction of sp³-hybridized carbons (Fsp3) is 0.684. The van der Waals surface area contributed by atoms with Crippen LogP contribution in [0.2, 0.25) is 0 Å². The molecule has 126 valence electrons. The molecule has 0 heterocycles. The molecule has 3 nitrogen and oxygen atoms in total. The van der Waals surface area contributed by atoms with E-state index >= 15 is 0 Å². The van der Waals surface area contributed by atoms with Gasteiger partial charge in [-0.2, -0.15) is 0 Å². The number of phenolic OH excluding ortho intramolecular Hbond substituents is 1. The smallest absolute Gasteiger partial charge is 0.123 e. The van der Waals surface area contributed by atoms with Gasteiger partial charge in [-0.15, -0.1) is 0 Å². The molecule has 0 fully saturated rings. The third-order valence-electron chi connectivity index (χ3n) is 4.36. The number of hydrogen-bond donors (Lipinski definition) is 3. The average molecular weight is 307 g/mol. The number of aliphatic hydroxyl groups is 1. The van der Waals surface area contributed by atoms with Crippen molar-refractivity contribution in [2.24, 2.45) is 11.1 Å². The fourth-order valence-electron chi connectivity index (χ4n) is 2.53. The van der Waals surface area contributed by atoms with E-state index < -0.39 is 5.41 Å². The summed E-state index contributed by atoms with van der Waals surface area (Å²) in [6, 6.07) is 3.69. The summed E-state index contributed by atoms with van der Waals surface area (Å²) in [6.07, 6.45) is 0. The summed E-state index contributed by atoms with van der Waals surface area (Å²) in [6.45, 7) is 16.4. The van der Waals surface area contributed by atoms with Gasteiger partial charge in [-0.3, -0.25) is 0 Å². The van der Waals surface area contributed by atoms with Crippen LogP contribution in [0, 0.1) is 5.41 Å². The predicted molar refractivity (Wildman–Crippen MR) is 93.3 cm³/mol. The Labute approximate surface area is 135 Å². The van der Waals surface area contributed by atoms with Gasteiger partial charge in [0.05, 0.1) is 0 Å². The van der Waals surface area contributed by atoms with Crippen LogP contribution in [-0.2, 0) is 10.8 Å². The van der Waals surface area contributed by atoms with Crippen molar-refractivity contribution < 1.29 is 10.2 Å². The summed E-state index contributed by atoms with van der Waals surface area (Å²) in [4.78, 5) is 0. The van der Waals surface area contributed by atoms with Crippen molar-refractivity contribution in [3.8, 4) is 5.75 Å². The van der Waals surface area contributed by atoms with Crippen molar-refractivity contribution in [3.63, 3.8) is 0 Å². The maximum absolute atomic E-state index is 10.7. The van der Waals surface area contributed by atoms with Gasteiger partial charge in [0.2, 0.25) is 0 Å². The molecule has 1 rings (SSSR count). The zero-order valence-electron chi connectivity index (χ0n) is 15.4. The lowest BCUT2D eigenvalue weighted by Gasteiger charge is -2.33. The van der Waals surface area contributed by atoms with Gasteiger partial charge in [0, 0.05) is 18.1 Å². The maximum Gasteiger partial charge on any atom is 0.123 e. The van der Waals surface area contributed by atoms with E-state index in [1.165, 1.54) is 0 Å². The van der Waals surface area contributed by atoms with Gasteiger partial charge < -0.3 is 15.9 Å². The van der Waals surface area contributed by atoms with Crippen LogP contribution >= 0.6 is 0 Å². The van der Waals surface area contributed by atoms with Gasteiger partial charge >= 0.3 is 0 Å². The number of rotatable bonds is 3. The summed E-state index contributed by atoms with van der Waals surface area (Å²) in [5.41, 5.74) is 8.41. The number of phenols is 1. The highest BCUT2D eigenvalue weighted by molar-refractivity contribution is 5.50. The SMILES string of the molecule is CC(C)(C)c1cc([C@@H](N)C(C)(C)CO)cc(C(C)(C)C)c1O. The van der Waals surface area contributed by atoms with Crippen molar-refractivity contribution >= 4 is 0 Å². The second-order valence-electron chi connectivity index (χ2n) is 9.09. The zero-order chi connectivity index (χ0) is 17.5. The first-order valence-electron chi connectivity index (χ1n) is 7.96. The predicted octanol–water partition coefficient (Wildman–Crippen LogP) is 4.01. The molecule has 0 bridgehead atoms. The Balaban J connectivity index is 3.62. The van der Waals surface area contributed by atoms with Crippen LogP contribution in [0.15, 0.2) is 12.1 Å². The molecule has 0 aromatic heterocycles. The van der Waals surface area contributed by atoms with Gasteiger partial charge in [0.15, 0.2) is 0 Å². The number of hydrogen-bond acceptors (Lipinski definition) is 3. The Bertz CT molecular complexity index is 498. The molecule has 0 spiro atoms. The summed E-state index contributed by atoms with van der Waals surface area (Å²) >= 11 is 0. The zero-order valence-corrected chi connectivity index (χ0v) is 15.4. The minimum atomic E-state index is -0.415. The van der Waals surface area contributed by atoms with Crippen LogP contribution in [0.25, 0.3) is 0 Å².